The number of carbonyl (C=O) groups excluding carboxylic acids is 1. The molecule has 2 rings (SSSR count). The molecule has 23 heavy (non-hydrogen) atoms. The standard InChI is InChI=1S/C18H18N2O2S/c1-13(2)12-22-16-10-8-15(9-11-16)19-18(23)20-17(21)14-6-4-3-5-7-14/h3-11H,1,12H2,2H3,(H2,19,20,21,23). The number of anilines is 1. The van der Waals surface area contributed by atoms with Gasteiger partial charge in [-0.2, -0.15) is 0 Å². The van der Waals surface area contributed by atoms with Gasteiger partial charge in [-0.1, -0.05) is 24.8 Å². The van der Waals surface area contributed by atoms with E-state index in [0.29, 0.717) is 12.2 Å². The van der Waals surface area contributed by atoms with Gasteiger partial charge in [0.25, 0.3) is 5.91 Å². The summed E-state index contributed by atoms with van der Waals surface area (Å²) in [6, 6.07) is 16.2. The Hall–Kier alpha value is -2.66. The number of carbonyl (C=O) groups is 1. The van der Waals surface area contributed by atoms with Crippen LogP contribution in [0.5, 0.6) is 5.75 Å². The van der Waals surface area contributed by atoms with Gasteiger partial charge >= 0.3 is 0 Å². The Morgan fingerprint density at radius 3 is 2.39 bits per heavy atom. The highest BCUT2D eigenvalue weighted by atomic mass is 32.1. The van der Waals surface area contributed by atoms with Crippen molar-refractivity contribution in [1.29, 1.82) is 0 Å². The molecule has 0 heterocycles. The van der Waals surface area contributed by atoms with Crippen LogP contribution < -0.4 is 15.4 Å². The molecule has 5 heteroatoms. The Bertz CT molecular complexity index is 697. The van der Waals surface area contributed by atoms with Crippen molar-refractivity contribution in [3.05, 3.63) is 72.3 Å². The van der Waals surface area contributed by atoms with E-state index in [9.17, 15) is 4.79 Å². The average molecular weight is 326 g/mol. The first-order chi connectivity index (χ1) is 11.0. The Balaban J connectivity index is 1.87. The van der Waals surface area contributed by atoms with E-state index in [0.717, 1.165) is 17.0 Å². The van der Waals surface area contributed by atoms with E-state index in [1.165, 1.54) is 0 Å². The maximum atomic E-state index is 12.0. The third-order valence-corrected chi connectivity index (χ3v) is 3.06. The third kappa shape index (κ3) is 5.56. The normalized spacial score (nSPS) is 9.78. The van der Waals surface area contributed by atoms with E-state index in [1.54, 1.807) is 24.3 Å². The molecule has 0 saturated heterocycles. The Labute approximate surface area is 141 Å². The topological polar surface area (TPSA) is 50.4 Å². The van der Waals surface area contributed by atoms with Crippen LogP contribution in [0, 0.1) is 0 Å². The quantitative estimate of drug-likeness (QED) is 0.649. The zero-order chi connectivity index (χ0) is 16.7. The second-order valence-corrected chi connectivity index (χ2v) is 5.45. The number of benzene rings is 2. The number of hydrogen-bond acceptors (Lipinski definition) is 3. The lowest BCUT2D eigenvalue weighted by Gasteiger charge is -2.11. The highest BCUT2D eigenvalue weighted by Crippen LogP contribution is 2.16. The molecule has 0 aliphatic heterocycles. The van der Waals surface area contributed by atoms with Crippen LogP contribution in [0.1, 0.15) is 17.3 Å². The van der Waals surface area contributed by atoms with Crippen molar-refractivity contribution < 1.29 is 9.53 Å². The van der Waals surface area contributed by atoms with Crippen molar-refractivity contribution in [3.63, 3.8) is 0 Å². The lowest BCUT2D eigenvalue weighted by Crippen LogP contribution is -2.34. The minimum absolute atomic E-state index is 0.245. The van der Waals surface area contributed by atoms with Crippen molar-refractivity contribution in [2.24, 2.45) is 0 Å². The molecule has 0 radical (unpaired) electrons. The lowest BCUT2D eigenvalue weighted by atomic mass is 10.2. The van der Waals surface area contributed by atoms with Crippen LogP contribution >= 0.6 is 12.2 Å². The minimum Gasteiger partial charge on any atom is -0.489 e. The second-order valence-electron chi connectivity index (χ2n) is 5.04. The summed E-state index contributed by atoms with van der Waals surface area (Å²) in [5, 5.41) is 5.84. The summed E-state index contributed by atoms with van der Waals surface area (Å²) < 4.78 is 5.52. The molecule has 0 atom stereocenters. The van der Waals surface area contributed by atoms with E-state index in [1.807, 2.05) is 37.3 Å². The highest BCUT2D eigenvalue weighted by molar-refractivity contribution is 7.80. The lowest BCUT2D eigenvalue weighted by molar-refractivity contribution is 0.0977. The largest absolute Gasteiger partial charge is 0.489 e. The number of nitrogens with one attached hydrogen (secondary N) is 2. The molecule has 118 valence electrons. The predicted octanol–water partition coefficient (Wildman–Crippen LogP) is 3.77. The van der Waals surface area contributed by atoms with Gasteiger partial charge in [-0.05, 0) is 61.1 Å². The van der Waals surface area contributed by atoms with Crippen LogP contribution in [0.2, 0.25) is 0 Å². The number of ether oxygens (including phenoxy) is 1. The van der Waals surface area contributed by atoms with E-state index in [4.69, 9.17) is 17.0 Å². The summed E-state index contributed by atoms with van der Waals surface area (Å²) in [5.74, 6) is 0.502. The van der Waals surface area contributed by atoms with Gasteiger partial charge in [-0.15, -0.1) is 0 Å². The molecule has 0 fully saturated rings. The highest BCUT2D eigenvalue weighted by Gasteiger charge is 2.07. The molecule has 4 nitrogen and oxygen atoms in total. The molecule has 2 aromatic carbocycles. The van der Waals surface area contributed by atoms with Gasteiger partial charge in [0.05, 0.1) is 0 Å². The summed E-state index contributed by atoms with van der Waals surface area (Å²) in [5.41, 5.74) is 2.28. The third-order valence-electron chi connectivity index (χ3n) is 2.86. The van der Waals surface area contributed by atoms with E-state index in [-0.39, 0.29) is 11.0 Å². The molecule has 2 aromatic rings. The van der Waals surface area contributed by atoms with Crippen LogP contribution in [0.15, 0.2) is 66.7 Å². The van der Waals surface area contributed by atoms with Crippen molar-refractivity contribution in [2.45, 2.75) is 6.92 Å². The maximum absolute atomic E-state index is 12.0. The molecule has 0 unspecified atom stereocenters. The van der Waals surface area contributed by atoms with Crippen molar-refractivity contribution in [1.82, 2.24) is 5.32 Å². The van der Waals surface area contributed by atoms with Gasteiger partial charge < -0.3 is 10.1 Å². The van der Waals surface area contributed by atoms with E-state index >= 15 is 0 Å². The molecule has 0 spiro atoms. The van der Waals surface area contributed by atoms with Crippen LogP contribution in [0.3, 0.4) is 0 Å². The van der Waals surface area contributed by atoms with Crippen LogP contribution in [-0.2, 0) is 0 Å². The minimum atomic E-state index is -0.246. The number of rotatable bonds is 5. The summed E-state index contributed by atoms with van der Waals surface area (Å²) >= 11 is 5.14. The van der Waals surface area contributed by atoms with Crippen molar-refractivity contribution in [2.75, 3.05) is 11.9 Å². The van der Waals surface area contributed by atoms with Crippen LogP contribution in [0.25, 0.3) is 0 Å². The molecular weight excluding hydrogens is 308 g/mol. The van der Waals surface area contributed by atoms with E-state index < -0.39 is 0 Å². The fraction of sp³-hybridized carbons (Fsp3) is 0.111. The molecule has 1 amide bonds. The Morgan fingerprint density at radius 2 is 1.78 bits per heavy atom. The first-order valence-electron chi connectivity index (χ1n) is 7.09. The maximum Gasteiger partial charge on any atom is 0.257 e. The van der Waals surface area contributed by atoms with Gasteiger partial charge in [0.1, 0.15) is 12.4 Å². The Kier molecular flexibility index (Phi) is 5.88. The van der Waals surface area contributed by atoms with Crippen LogP contribution in [0.4, 0.5) is 5.69 Å². The number of hydrogen-bond donors (Lipinski definition) is 2. The summed E-state index contributed by atoms with van der Waals surface area (Å²) in [4.78, 5) is 12.0. The SMILES string of the molecule is C=C(C)COc1ccc(NC(=S)NC(=O)c2ccccc2)cc1. The van der Waals surface area contributed by atoms with Gasteiger partial charge in [-0.3, -0.25) is 10.1 Å². The van der Waals surface area contributed by atoms with Gasteiger partial charge in [-0.25, -0.2) is 0 Å². The first-order valence-corrected chi connectivity index (χ1v) is 7.50. The fourth-order valence-corrected chi connectivity index (χ4v) is 1.98. The van der Waals surface area contributed by atoms with Crippen molar-refractivity contribution in [3.8, 4) is 5.75 Å². The monoisotopic (exact) mass is 326 g/mol. The zero-order valence-corrected chi connectivity index (χ0v) is 13.7. The summed E-state index contributed by atoms with van der Waals surface area (Å²) in [7, 11) is 0. The average Bonchev–Trinajstić information content (AvgIpc) is 2.55. The van der Waals surface area contributed by atoms with Crippen LogP contribution in [-0.4, -0.2) is 17.6 Å². The van der Waals surface area contributed by atoms with Gasteiger partial charge in [0, 0.05) is 11.3 Å². The molecule has 2 N–H and O–H groups in total. The van der Waals surface area contributed by atoms with Crippen molar-refractivity contribution >= 4 is 28.9 Å². The molecule has 0 aliphatic rings. The Morgan fingerprint density at radius 1 is 1.13 bits per heavy atom. The van der Waals surface area contributed by atoms with Gasteiger partial charge in [0.2, 0.25) is 0 Å². The molecular formula is C18H18N2O2S. The molecule has 0 saturated carbocycles. The molecule has 0 aromatic heterocycles. The zero-order valence-electron chi connectivity index (χ0n) is 12.8. The van der Waals surface area contributed by atoms with E-state index in [2.05, 4.69) is 17.2 Å². The predicted molar refractivity (Wildman–Crippen MR) is 96.9 cm³/mol. The first kappa shape index (κ1) is 16.7. The number of thiocarbonyl (C=S) groups is 1. The van der Waals surface area contributed by atoms with Gasteiger partial charge in [0.15, 0.2) is 5.11 Å². The fourth-order valence-electron chi connectivity index (χ4n) is 1.77. The molecule has 0 bridgehead atoms. The number of amides is 1. The molecule has 0 aliphatic carbocycles. The summed E-state index contributed by atoms with van der Waals surface area (Å²) in [6.07, 6.45) is 0. The second kappa shape index (κ2) is 8.10. The smallest absolute Gasteiger partial charge is 0.257 e. The summed E-state index contributed by atoms with van der Waals surface area (Å²) in [6.45, 7) is 6.18.